The minimum Gasteiger partial charge on any atom is -0.457 e. The summed E-state index contributed by atoms with van der Waals surface area (Å²) in [6.45, 7) is 9.35. The van der Waals surface area contributed by atoms with Crippen molar-refractivity contribution in [1.82, 2.24) is 20.2 Å². The Balaban J connectivity index is 1.25. The van der Waals surface area contributed by atoms with E-state index in [1.807, 2.05) is 0 Å². The molecular weight excluding hydrogens is 620 g/mol. The Morgan fingerprint density at radius 3 is 2.27 bits per heavy atom. The van der Waals surface area contributed by atoms with Crippen LogP contribution >= 0.6 is 0 Å². The number of aryl methyl sites for hydroxylation is 1. The third-order valence-corrected chi connectivity index (χ3v) is 8.33. The average Bonchev–Trinajstić information content (AvgIpc) is 3.39. The van der Waals surface area contributed by atoms with Gasteiger partial charge in [-0.25, -0.2) is 18.6 Å². The summed E-state index contributed by atoms with van der Waals surface area (Å²) in [5.41, 5.74) is -2.09. The zero-order chi connectivity index (χ0) is 33.3. The third kappa shape index (κ3) is 8.55. The van der Waals surface area contributed by atoms with Gasteiger partial charge >= 0.3 is 34.3 Å². The van der Waals surface area contributed by atoms with Crippen molar-refractivity contribution in [1.29, 1.82) is 0 Å². The molecule has 0 spiro atoms. The summed E-state index contributed by atoms with van der Waals surface area (Å²) in [7, 11) is -4.81. The number of fused-ring (bicyclic) bond motifs is 2. The first-order valence-electron chi connectivity index (χ1n) is 14.6. The van der Waals surface area contributed by atoms with E-state index >= 15 is 0 Å². The highest BCUT2D eigenvalue weighted by atomic mass is 32.3. The first kappa shape index (κ1) is 34.2. The van der Waals surface area contributed by atoms with Gasteiger partial charge in [-0.1, -0.05) is 0 Å². The van der Waals surface area contributed by atoms with Crippen LogP contribution in [0.25, 0.3) is 0 Å². The molecule has 4 rings (SSSR count). The molecular formula is C27H40N4O13S. The molecule has 0 radical (unpaired) electrons. The Kier molecular flexibility index (Phi) is 9.89. The fourth-order valence-corrected chi connectivity index (χ4v) is 5.93. The van der Waals surface area contributed by atoms with E-state index in [-0.39, 0.29) is 36.4 Å². The molecule has 17 nitrogen and oxygen atoms in total. The Hall–Kier alpha value is -3.64. The summed E-state index contributed by atoms with van der Waals surface area (Å²) in [4.78, 5) is 65.1. The van der Waals surface area contributed by atoms with E-state index in [2.05, 4.69) is 5.32 Å². The van der Waals surface area contributed by atoms with Crippen LogP contribution in [-0.4, -0.2) is 97.2 Å². The lowest BCUT2D eigenvalue weighted by atomic mass is 9.95. The highest BCUT2D eigenvalue weighted by molar-refractivity contribution is 7.81. The first-order chi connectivity index (χ1) is 20.8. The molecule has 4 amide bonds. The maximum absolute atomic E-state index is 13.2. The molecule has 4 heterocycles. The highest BCUT2D eigenvalue weighted by Crippen LogP contribution is 2.32. The van der Waals surface area contributed by atoms with Crippen molar-refractivity contribution >= 4 is 34.4 Å². The molecule has 3 aliphatic rings. The van der Waals surface area contributed by atoms with E-state index in [0.29, 0.717) is 37.4 Å². The van der Waals surface area contributed by atoms with Crippen LogP contribution in [0.5, 0.6) is 0 Å². The van der Waals surface area contributed by atoms with Gasteiger partial charge in [0, 0.05) is 25.7 Å². The number of ether oxygens (including phenoxy) is 2. The average molecular weight is 661 g/mol. The molecule has 0 aliphatic carbocycles. The predicted molar refractivity (Wildman–Crippen MR) is 151 cm³/mol. The number of carbonyl (C=O) groups excluding carboxylic acids is 4. The second kappa shape index (κ2) is 13.0. The molecule has 18 heteroatoms. The molecule has 3 aliphatic heterocycles. The number of amides is 4. The number of rotatable bonds is 10. The van der Waals surface area contributed by atoms with E-state index in [1.165, 1.54) is 25.7 Å². The lowest BCUT2D eigenvalue weighted by Gasteiger charge is -2.35. The molecule has 0 aromatic carbocycles. The largest absolute Gasteiger partial charge is 0.519 e. The van der Waals surface area contributed by atoms with E-state index < -0.39 is 70.6 Å². The fourth-order valence-electron chi connectivity index (χ4n) is 5.06. The number of hydrogen-bond acceptors (Lipinski definition) is 13. The molecule has 0 saturated carbocycles. The fraction of sp³-hybridized carbons (Fsp3) is 0.741. The quantitative estimate of drug-likeness (QED) is 0.355. The van der Waals surface area contributed by atoms with E-state index in [4.69, 9.17) is 26.8 Å². The van der Waals surface area contributed by atoms with Crippen LogP contribution in [-0.2, 0) is 44.5 Å². The summed E-state index contributed by atoms with van der Waals surface area (Å²) < 4.78 is 55.2. The standard InChI is InChI=1S/C27H40N4O13S/c1-16-20(42-25(36)41-16)14-39-22(33)27(5,6)15-40-45(37,38)44-31-18-7-8-19(30(13-18)23(31)34)21(32)28-17-9-11-29(12-10-17)24(35)43-26(2,3)4/h17-19H,7-15H2,1-6H3,(H,28,32)/t18-,19+/m1/s1. The van der Waals surface area contributed by atoms with Gasteiger partial charge in [-0.2, -0.15) is 13.5 Å². The van der Waals surface area contributed by atoms with E-state index in [9.17, 15) is 32.4 Å². The van der Waals surface area contributed by atoms with Crippen LogP contribution in [0.1, 0.15) is 71.8 Å². The van der Waals surface area contributed by atoms with Crippen LogP contribution in [0.3, 0.4) is 0 Å². The minimum absolute atomic E-state index is 0.00487. The monoisotopic (exact) mass is 660 g/mol. The highest BCUT2D eigenvalue weighted by Gasteiger charge is 2.50. The topological polar surface area (TPSA) is 204 Å². The van der Waals surface area contributed by atoms with Gasteiger partial charge in [0.15, 0.2) is 18.1 Å². The van der Waals surface area contributed by atoms with Crippen LogP contribution in [0.4, 0.5) is 9.59 Å². The second-order valence-electron chi connectivity index (χ2n) is 12.9. The lowest BCUT2D eigenvalue weighted by Crippen LogP contribution is -2.54. The summed E-state index contributed by atoms with van der Waals surface area (Å²) in [5, 5.41) is 3.63. The summed E-state index contributed by atoms with van der Waals surface area (Å²) in [6.07, 6.45) is 1.21. The summed E-state index contributed by atoms with van der Waals surface area (Å²) in [6, 6.07) is -2.47. The molecule has 252 valence electrons. The number of hydrogen-bond donors (Lipinski definition) is 1. The van der Waals surface area contributed by atoms with Gasteiger partial charge in [-0.15, -0.1) is 4.28 Å². The molecule has 45 heavy (non-hydrogen) atoms. The zero-order valence-corrected chi connectivity index (χ0v) is 27.0. The minimum atomic E-state index is -4.81. The molecule has 2 bridgehead atoms. The Morgan fingerprint density at radius 2 is 1.67 bits per heavy atom. The van der Waals surface area contributed by atoms with Crippen LogP contribution in [0.2, 0.25) is 0 Å². The van der Waals surface area contributed by atoms with Crippen molar-refractivity contribution in [3.63, 3.8) is 0 Å². The molecule has 2 atom stereocenters. The molecule has 3 fully saturated rings. The van der Waals surface area contributed by atoms with Gasteiger partial charge in [0.2, 0.25) is 5.91 Å². The molecule has 1 aromatic rings. The number of piperidine rings is 2. The number of nitrogens with one attached hydrogen (secondary N) is 1. The van der Waals surface area contributed by atoms with Crippen molar-refractivity contribution in [2.45, 2.75) is 97.6 Å². The Labute approximate surface area is 260 Å². The number of likely N-dealkylation sites (tertiary alicyclic amines) is 1. The second-order valence-corrected chi connectivity index (χ2v) is 14.1. The Morgan fingerprint density at radius 1 is 1.00 bits per heavy atom. The van der Waals surface area contributed by atoms with Crippen molar-refractivity contribution in [2.75, 3.05) is 26.2 Å². The van der Waals surface area contributed by atoms with Gasteiger partial charge in [0.25, 0.3) is 0 Å². The van der Waals surface area contributed by atoms with Gasteiger partial charge in [-0.3, -0.25) is 9.59 Å². The number of carbonyl (C=O) groups is 4. The normalized spacial score (nSPS) is 21.2. The number of hydroxylamine groups is 2. The Bertz CT molecular complexity index is 1450. The number of esters is 1. The molecule has 1 aromatic heterocycles. The van der Waals surface area contributed by atoms with E-state index in [0.717, 1.165) is 0 Å². The van der Waals surface area contributed by atoms with Crippen LogP contribution in [0, 0.1) is 12.3 Å². The van der Waals surface area contributed by atoms with Crippen LogP contribution < -0.4 is 11.1 Å². The van der Waals surface area contributed by atoms with E-state index in [1.54, 1.807) is 25.7 Å². The molecule has 1 N–H and O–H groups in total. The van der Waals surface area contributed by atoms with Crippen LogP contribution in [0.15, 0.2) is 13.6 Å². The van der Waals surface area contributed by atoms with Gasteiger partial charge in [0.05, 0.1) is 18.1 Å². The lowest BCUT2D eigenvalue weighted by molar-refractivity contribution is -0.157. The predicted octanol–water partition coefficient (Wildman–Crippen LogP) is 1.59. The van der Waals surface area contributed by atoms with Crippen molar-refractivity contribution in [2.24, 2.45) is 5.41 Å². The third-order valence-electron chi connectivity index (χ3n) is 7.58. The maximum atomic E-state index is 13.2. The smallest absolute Gasteiger partial charge is 0.457 e. The maximum Gasteiger partial charge on any atom is 0.519 e. The molecule has 0 unspecified atom stereocenters. The zero-order valence-electron chi connectivity index (χ0n) is 26.2. The van der Waals surface area contributed by atoms with Gasteiger partial charge in [0.1, 0.15) is 11.6 Å². The SMILES string of the molecule is Cc1oc(=O)oc1COC(=O)C(C)(C)COS(=O)(=O)ON1C(=O)N2C[C@H]1CC[C@H]2C(=O)NC1CCN(C(=O)OC(C)(C)C)CC1. The number of nitrogens with zero attached hydrogens (tertiary/aromatic N) is 3. The van der Waals surface area contributed by atoms with Crippen molar-refractivity contribution in [3.05, 3.63) is 22.1 Å². The summed E-state index contributed by atoms with van der Waals surface area (Å²) in [5.74, 6) is -2.04. The summed E-state index contributed by atoms with van der Waals surface area (Å²) >= 11 is 0. The number of urea groups is 1. The first-order valence-corrected chi connectivity index (χ1v) is 15.9. The van der Waals surface area contributed by atoms with Gasteiger partial charge in [-0.05, 0) is 67.2 Å². The van der Waals surface area contributed by atoms with Gasteiger partial charge < -0.3 is 33.4 Å². The van der Waals surface area contributed by atoms with Crippen molar-refractivity contribution in [3.8, 4) is 0 Å². The van der Waals surface area contributed by atoms with Crippen molar-refractivity contribution < 1.29 is 54.4 Å². The molecule has 3 saturated heterocycles.